The highest BCUT2D eigenvalue weighted by Crippen LogP contribution is 2.34. The number of nitrogens with one attached hydrogen (secondary N) is 2. The van der Waals surface area contributed by atoms with Crippen LogP contribution >= 0.6 is 11.3 Å². The first-order valence-corrected chi connectivity index (χ1v) is 18.7. The van der Waals surface area contributed by atoms with Gasteiger partial charge < -0.3 is 25.8 Å². The highest BCUT2D eigenvalue weighted by Gasteiger charge is 2.45. The third kappa shape index (κ3) is 8.92. The summed E-state index contributed by atoms with van der Waals surface area (Å²) in [4.78, 5) is 65.6. The molecule has 0 aliphatic carbocycles. The van der Waals surface area contributed by atoms with Crippen LogP contribution in [0.3, 0.4) is 0 Å². The number of nitrogens with two attached hydrogens (primary N) is 1. The van der Waals surface area contributed by atoms with E-state index in [1.807, 2.05) is 91.0 Å². The molecule has 3 heterocycles. The Bertz CT molecular complexity index is 1780. The lowest BCUT2D eigenvalue weighted by atomic mass is 9.82. The number of carbonyl (C=O) groups is 4. The van der Waals surface area contributed by atoms with E-state index >= 15 is 0 Å². The Labute approximate surface area is 308 Å². The van der Waals surface area contributed by atoms with E-state index in [9.17, 15) is 19.2 Å². The second-order valence-electron chi connectivity index (χ2n) is 13.5. The minimum atomic E-state index is -0.996. The average molecular weight is 720 g/mol. The van der Waals surface area contributed by atoms with Gasteiger partial charge in [0.15, 0.2) is 11.0 Å². The molecule has 0 bridgehead atoms. The van der Waals surface area contributed by atoms with Crippen LogP contribution < -0.4 is 11.1 Å². The van der Waals surface area contributed by atoms with Gasteiger partial charge in [0.25, 0.3) is 0 Å². The number of benzene rings is 3. The average Bonchev–Trinajstić information content (AvgIpc) is 3.71. The maximum absolute atomic E-state index is 14.6. The zero-order chi connectivity index (χ0) is 36.5. The molecule has 12 heteroatoms. The van der Waals surface area contributed by atoms with Gasteiger partial charge in [0.05, 0.1) is 12.6 Å². The van der Waals surface area contributed by atoms with Gasteiger partial charge in [0, 0.05) is 37.1 Å². The lowest BCUT2D eigenvalue weighted by molar-refractivity contribution is -0.158. The predicted molar refractivity (Wildman–Crippen MR) is 201 cm³/mol. The number of thiazole rings is 1. The van der Waals surface area contributed by atoms with Crippen molar-refractivity contribution in [3.63, 3.8) is 0 Å². The number of hydrogen-bond acceptors (Lipinski definition) is 7. The Hall–Kier alpha value is -5.36. The summed E-state index contributed by atoms with van der Waals surface area (Å²) in [7, 11) is 0. The Morgan fingerprint density at radius 1 is 0.962 bits per heavy atom. The van der Waals surface area contributed by atoms with Crippen molar-refractivity contribution in [3.05, 3.63) is 124 Å². The molecule has 6 rings (SSSR count). The first kappa shape index (κ1) is 36.4. The monoisotopic (exact) mass is 719 g/mol. The summed E-state index contributed by atoms with van der Waals surface area (Å²) in [5.74, 6) is -1.95. The van der Waals surface area contributed by atoms with Crippen LogP contribution in [0, 0.1) is 11.3 Å². The zero-order valence-electron chi connectivity index (χ0n) is 29.1. The number of guanidine groups is 1. The van der Waals surface area contributed by atoms with Gasteiger partial charge in [0.1, 0.15) is 12.6 Å². The van der Waals surface area contributed by atoms with Gasteiger partial charge in [-0.05, 0) is 54.7 Å². The summed E-state index contributed by atoms with van der Waals surface area (Å²) in [5.41, 5.74) is 8.64. The van der Waals surface area contributed by atoms with Crippen molar-refractivity contribution >= 4 is 40.8 Å². The van der Waals surface area contributed by atoms with Crippen molar-refractivity contribution in [2.45, 2.75) is 50.1 Å². The van der Waals surface area contributed by atoms with E-state index in [4.69, 9.17) is 11.1 Å². The van der Waals surface area contributed by atoms with Crippen LogP contribution in [0.4, 0.5) is 0 Å². The molecule has 0 unspecified atom stereocenters. The first-order chi connectivity index (χ1) is 25.3. The van der Waals surface area contributed by atoms with Crippen LogP contribution in [0.1, 0.15) is 58.1 Å². The molecular formula is C40H45N7O4S. The van der Waals surface area contributed by atoms with Crippen LogP contribution in [0.25, 0.3) is 0 Å². The van der Waals surface area contributed by atoms with Gasteiger partial charge in [-0.2, -0.15) is 0 Å². The lowest BCUT2D eigenvalue weighted by Gasteiger charge is -2.43. The Kier molecular flexibility index (Phi) is 12.1. The van der Waals surface area contributed by atoms with Crippen LogP contribution in [0.15, 0.2) is 103 Å². The second-order valence-corrected chi connectivity index (χ2v) is 14.4. The molecule has 11 nitrogen and oxygen atoms in total. The molecule has 3 aromatic carbocycles. The molecule has 0 radical (unpaired) electrons. The summed E-state index contributed by atoms with van der Waals surface area (Å²) < 4.78 is 0. The SMILES string of the molecule is N=C(N)N1CCC[C@@H](C[C@H](NC(=O)CN2C(=O)CN(CCCc3ccccc3)C(=O)[C@H]2C(c2ccccc2)c2ccccc2)C(=O)c2nccs2)C1. The molecule has 4 N–H and O–H groups in total. The van der Waals surface area contributed by atoms with Crippen LogP contribution in [0.2, 0.25) is 0 Å². The van der Waals surface area contributed by atoms with Gasteiger partial charge in [-0.3, -0.25) is 24.6 Å². The van der Waals surface area contributed by atoms with Gasteiger partial charge >= 0.3 is 0 Å². The number of likely N-dealkylation sites (tertiary alicyclic amines) is 1. The van der Waals surface area contributed by atoms with Crippen molar-refractivity contribution < 1.29 is 19.2 Å². The van der Waals surface area contributed by atoms with Gasteiger partial charge in [0.2, 0.25) is 23.5 Å². The number of carbonyl (C=O) groups excluding carboxylic acids is 4. The number of rotatable bonds is 14. The molecule has 3 amide bonds. The predicted octanol–water partition coefficient (Wildman–Crippen LogP) is 4.31. The Morgan fingerprint density at radius 3 is 2.23 bits per heavy atom. The molecule has 3 atom stereocenters. The number of aryl methyl sites for hydroxylation is 1. The van der Waals surface area contributed by atoms with Crippen molar-refractivity contribution in [2.24, 2.45) is 11.7 Å². The van der Waals surface area contributed by atoms with E-state index in [-0.39, 0.29) is 41.0 Å². The van der Waals surface area contributed by atoms with E-state index in [0.29, 0.717) is 32.5 Å². The summed E-state index contributed by atoms with van der Waals surface area (Å²) in [6.07, 6.45) is 4.95. The summed E-state index contributed by atoms with van der Waals surface area (Å²) in [6.45, 7) is 1.04. The summed E-state index contributed by atoms with van der Waals surface area (Å²) in [6, 6.07) is 27.3. The smallest absolute Gasteiger partial charge is 0.246 e. The van der Waals surface area contributed by atoms with Crippen LogP contribution in [0.5, 0.6) is 0 Å². The van der Waals surface area contributed by atoms with Gasteiger partial charge in [-0.25, -0.2) is 4.98 Å². The van der Waals surface area contributed by atoms with E-state index in [2.05, 4.69) is 10.3 Å². The number of nitrogens with zero attached hydrogens (tertiary/aromatic N) is 4. The second kappa shape index (κ2) is 17.2. The maximum Gasteiger partial charge on any atom is 0.246 e. The number of aromatic nitrogens is 1. The summed E-state index contributed by atoms with van der Waals surface area (Å²) >= 11 is 1.20. The molecule has 0 spiro atoms. The molecule has 2 aliphatic rings. The Balaban J connectivity index is 1.27. The largest absolute Gasteiger partial charge is 0.370 e. The number of amides is 3. The van der Waals surface area contributed by atoms with Crippen molar-refractivity contribution in [2.75, 3.05) is 32.7 Å². The van der Waals surface area contributed by atoms with Crippen molar-refractivity contribution in [1.29, 1.82) is 5.41 Å². The van der Waals surface area contributed by atoms with Crippen LogP contribution in [-0.4, -0.2) is 94.0 Å². The number of ketones is 1. The quantitative estimate of drug-likeness (QED) is 0.0998. The van der Waals surface area contributed by atoms with Crippen molar-refractivity contribution in [1.82, 2.24) is 25.0 Å². The van der Waals surface area contributed by atoms with Crippen LogP contribution in [-0.2, 0) is 20.8 Å². The normalized spacial score (nSPS) is 18.4. The van der Waals surface area contributed by atoms with Gasteiger partial charge in [-0.1, -0.05) is 91.0 Å². The molecule has 2 aliphatic heterocycles. The molecule has 2 saturated heterocycles. The number of piperidine rings is 1. The van der Waals surface area contributed by atoms with E-state index in [1.54, 1.807) is 21.4 Å². The number of hydrogen-bond donors (Lipinski definition) is 3. The molecule has 270 valence electrons. The van der Waals surface area contributed by atoms with E-state index in [0.717, 1.165) is 36.0 Å². The molecule has 2 fully saturated rings. The fourth-order valence-corrected chi connectivity index (χ4v) is 8.06. The zero-order valence-corrected chi connectivity index (χ0v) is 29.9. The van der Waals surface area contributed by atoms with E-state index in [1.165, 1.54) is 16.2 Å². The maximum atomic E-state index is 14.6. The molecule has 1 aromatic heterocycles. The first-order valence-electron chi connectivity index (χ1n) is 17.8. The fourth-order valence-electron chi connectivity index (χ4n) is 7.43. The number of piperazine rings is 1. The number of Topliss-reactive ketones (excluding diaryl/α,β-unsaturated/α-hetero) is 1. The third-order valence-electron chi connectivity index (χ3n) is 9.95. The summed E-state index contributed by atoms with van der Waals surface area (Å²) in [5, 5.41) is 12.8. The highest BCUT2D eigenvalue weighted by molar-refractivity contribution is 7.11. The molecular weight excluding hydrogens is 675 g/mol. The van der Waals surface area contributed by atoms with Crippen molar-refractivity contribution in [3.8, 4) is 0 Å². The Morgan fingerprint density at radius 2 is 1.62 bits per heavy atom. The third-order valence-corrected chi connectivity index (χ3v) is 10.7. The lowest BCUT2D eigenvalue weighted by Crippen LogP contribution is -2.63. The minimum Gasteiger partial charge on any atom is -0.370 e. The molecule has 52 heavy (non-hydrogen) atoms. The van der Waals surface area contributed by atoms with Gasteiger partial charge in [-0.15, -0.1) is 11.3 Å². The molecule has 0 saturated carbocycles. The van der Waals surface area contributed by atoms with E-state index < -0.39 is 30.5 Å². The molecule has 4 aromatic rings. The topological polar surface area (TPSA) is 153 Å². The standard InChI is InChI=1S/C40H45N7O4S/c41-40(42)46-22-11-15-29(25-46)24-32(37(50)38-43-20-23-52-38)44-33(48)26-47-34(49)27-45(21-10-14-28-12-4-1-5-13-28)39(51)36(47)35(30-16-6-2-7-17-30)31-18-8-3-9-19-31/h1-9,12-13,16-20,23,29,32,35-36H,10-11,14-15,21-22,24-27H2,(H3,41,42)(H,44,48)/t29-,32-,36+/m0/s1. The minimum absolute atomic E-state index is 0.00259. The fraction of sp³-hybridized carbons (Fsp3) is 0.350. The highest BCUT2D eigenvalue weighted by atomic mass is 32.1.